The molecule has 1 amide bonds. The Morgan fingerprint density at radius 3 is 3.00 bits per heavy atom. The van der Waals surface area contributed by atoms with Crippen LogP contribution in [0.5, 0.6) is 0 Å². The second-order valence-electron chi connectivity index (χ2n) is 3.72. The molecule has 2 fully saturated rings. The number of nitrogens with zero attached hydrogens (tertiary/aromatic N) is 1. The Hall–Kier alpha value is -0.610. The minimum atomic E-state index is 0.217. The first-order valence-corrected chi connectivity index (χ1v) is 4.86. The SMILES string of the molecule is COC1CCCC1N1CNCC1=O. The molecule has 4 nitrogen and oxygen atoms in total. The van der Waals surface area contributed by atoms with Crippen molar-refractivity contribution in [2.45, 2.75) is 31.4 Å². The highest BCUT2D eigenvalue weighted by Gasteiger charge is 2.36. The van der Waals surface area contributed by atoms with E-state index in [9.17, 15) is 4.79 Å². The third-order valence-electron chi connectivity index (χ3n) is 3.00. The summed E-state index contributed by atoms with van der Waals surface area (Å²) in [5.41, 5.74) is 0. The number of hydrogen-bond acceptors (Lipinski definition) is 3. The zero-order chi connectivity index (χ0) is 9.26. The Balaban J connectivity index is 2.02. The molecule has 2 unspecified atom stereocenters. The largest absolute Gasteiger partial charge is 0.379 e. The van der Waals surface area contributed by atoms with Crippen LogP contribution in [0, 0.1) is 0 Å². The van der Waals surface area contributed by atoms with E-state index in [0.717, 1.165) is 12.8 Å². The van der Waals surface area contributed by atoms with Crippen LogP contribution in [0.3, 0.4) is 0 Å². The predicted molar refractivity (Wildman–Crippen MR) is 48.2 cm³/mol. The van der Waals surface area contributed by atoms with Gasteiger partial charge in [0.05, 0.1) is 25.4 Å². The molecule has 0 radical (unpaired) electrons. The minimum absolute atomic E-state index is 0.217. The first-order chi connectivity index (χ1) is 6.33. The summed E-state index contributed by atoms with van der Waals surface area (Å²) in [6.45, 7) is 1.19. The van der Waals surface area contributed by atoms with Crippen LogP contribution in [0.1, 0.15) is 19.3 Å². The molecule has 0 spiro atoms. The molecule has 0 aromatic rings. The van der Waals surface area contributed by atoms with Crippen molar-refractivity contribution in [2.24, 2.45) is 0 Å². The quantitative estimate of drug-likeness (QED) is 0.654. The van der Waals surface area contributed by atoms with Crippen molar-refractivity contribution < 1.29 is 9.53 Å². The first-order valence-electron chi connectivity index (χ1n) is 4.86. The van der Waals surface area contributed by atoms with Crippen LogP contribution < -0.4 is 5.32 Å². The van der Waals surface area contributed by atoms with E-state index in [2.05, 4.69) is 5.32 Å². The van der Waals surface area contributed by atoms with Gasteiger partial charge in [-0.1, -0.05) is 0 Å². The van der Waals surface area contributed by atoms with Gasteiger partial charge in [-0.05, 0) is 19.3 Å². The average Bonchev–Trinajstić information content (AvgIpc) is 2.71. The van der Waals surface area contributed by atoms with Crippen molar-refractivity contribution in [3.05, 3.63) is 0 Å². The van der Waals surface area contributed by atoms with Gasteiger partial charge in [0.1, 0.15) is 0 Å². The van der Waals surface area contributed by atoms with E-state index < -0.39 is 0 Å². The standard InChI is InChI=1S/C9H16N2O2/c1-13-8-4-2-3-7(8)11-6-10-5-9(11)12/h7-8,10H,2-6H2,1H3. The fourth-order valence-corrected chi connectivity index (χ4v) is 2.31. The van der Waals surface area contributed by atoms with Crippen molar-refractivity contribution in [3.8, 4) is 0 Å². The van der Waals surface area contributed by atoms with E-state index in [4.69, 9.17) is 4.74 Å². The summed E-state index contributed by atoms with van der Waals surface area (Å²) in [6.07, 6.45) is 3.60. The molecule has 2 aliphatic rings. The van der Waals surface area contributed by atoms with Gasteiger partial charge in [0.2, 0.25) is 5.91 Å². The van der Waals surface area contributed by atoms with E-state index in [1.165, 1.54) is 6.42 Å². The van der Waals surface area contributed by atoms with Gasteiger partial charge in [0.15, 0.2) is 0 Å². The molecular formula is C9H16N2O2. The van der Waals surface area contributed by atoms with Crippen molar-refractivity contribution >= 4 is 5.91 Å². The zero-order valence-electron chi connectivity index (χ0n) is 7.95. The van der Waals surface area contributed by atoms with E-state index in [0.29, 0.717) is 19.3 Å². The number of nitrogens with one attached hydrogen (secondary N) is 1. The molecular weight excluding hydrogens is 168 g/mol. The maximum absolute atomic E-state index is 11.4. The number of rotatable bonds is 2. The molecule has 0 aromatic carbocycles. The number of amides is 1. The second-order valence-corrected chi connectivity index (χ2v) is 3.72. The van der Waals surface area contributed by atoms with Crippen molar-refractivity contribution in [3.63, 3.8) is 0 Å². The topological polar surface area (TPSA) is 41.6 Å². The molecule has 1 N–H and O–H groups in total. The van der Waals surface area contributed by atoms with Crippen LogP contribution in [0.25, 0.3) is 0 Å². The number of methoxy groups -OCH3 is 1. The molecule has 0 bridgehead atoms. The third-order valence-corrected chi connectivity index (χ3v) is 3.00. The summed E-state index contributed by atoms with van der Waals surface area (Å²) in [5.74, 6) is 0.217. The third kappa shape index (κ3) is 1.56. The highest BCUT2D eigenvalue weighted by atomic mass is 16.5. The zero-order valence-corrected chi connectivity index (χ0v) is 7.95. The molecule has 1 saturated carbocycles. The first kappa shape index (κ1) is 8.97. The van der Waals surface area contributed by atoms with Crippen LogP contribution in [0.2, 0.25) is 0 Å². The van der Waals surface area contributed by atoms with Crippen LogP contribution in [0.15, 0.2) is 0 Å². The van der Waals surface area contributed by atoms with Gasteiger partial charge in [0, 0.05) is 7.11 Å². The molecule has 2 rings (SSSR count). The van der Waals surface area contributed by atoms with E-state index in [1.807, 2.05) is 4.90 Å². The summed E-state index contributed by atoms with van der Waals surface area (Å²) < 4.78 is 5.36. The van der Waals surface area contributed by atoms with Gasteiger partial charge in [-0.2, -0.15) is 0 Å². The van der Waals surface area contributed by atoms with Gasteiger partial charge < -0.3 is 9.64 Å². The summed E-state index contributed by atoms with van der Waals surface area (Å²) in [6, 6.07) is 0.312. The Kier molecular flexibility index (Phi) is 2.51. The molecule has 74 valence electrons. The fourth-order valence-electron chi connectivity index (χ4n) is 2.31. The molecule has 2 atom stereocenters. The number of carbonyl (C=O) groups excluding carboxylic acids is 1. The van der Waals surface area contributed by atoms with Crippen LogP contribution >= 0.6 is 0 Å². The minimum Gasteiger partial charge on any atom is -0.379 e. The lowest BCUT2D eigenvalue weighted by atomic mass is 10.2. The van der Waals surface area contributed by atoms with Crippen LogP contribution in [-0.2, 0) is 9.53 Å². The summed E-state index contributed by atoms with van der Waals surface area (Å²) in [7, 11) is 1.73. The monoisotopic (exact) mass is 184 g/mol. The lowest BCUT2D eigenvalue weighted by Crippen LogP contribution is -2.42. The van der Waals surface area contributed by atoms with E-state index in [1.54, 1.807) is 7.11 Å². The number of carbonyl (C=O) groups is 1. The average molecular weight is 184 g/mol. The van der Waals surface area contributed by atoms with Crippen molar-refractivity contribution in [1.29, 1.82) is 0 Å². The van der Waals surface area contributed by atoms with Crippen molar-refractivity contribution in [2.75, 3.05) is 20.3 Å². The molecule has 1 aliphatic carbocycles. The van der Waals surface area contributed by atoms with Gasteiger partial charge in [-0.3, -0.25) is 10.1 Å². The van der Waals surface area contributed by atoms with Crippen molar-refractivity contribution in [1.82, 2.24) is 10.2 Å². The highest BCUT2D eigenvalue weighted by Crippen LogP contribution is 2.26. The predicted octanol–water partition coefficient (Wildman–Crippen LogP) is -0.0568. The smallest absolute Gasteiger partial charge is 0.237 e. The van der Waals surface area contributed by atoms with Gasteiger partial charge in [0.25, 0.3) is 0 Å². The lowest BCUT2D eigenvalue weighted by molar-refractivity contribution is -0.130. The molecule has 13 heavy (non-hydrogen) atoms. The summed E-state index contributed by atoms with van der Waals surface area (Å²) >= 11 is 0. The van der Waals surface area contributed by atoms with Gasteiger partial charge >= 0.3 is 0 Å². The van der Waals surface area contributed by atoms with E-state index in [-0.39, 0.29) is 12.0 Å². The molecule has 1 saturated heterocycles. The van der Waals surface area contributed by atoms with Crippen LogP contribution in [0.4, 0.5) is 0 Å². The summed E-state index contributed by atoms with van der Waals surface area (Å²) in [5, 5.41) is 3.06. The fraction of sp³-hybridized carbons (Fsp3) is 0.889. The molecule has 1 heterocycles. The molecule has 1 aliphatic heterocycles. The Labute approximate surface area is 78.2 Å². The van der Waals surface area contributed by atoms with Gasteiger partial charge in [-0.15, -0.1) is 0 Å². The normalized spacial score (nSPS) is 34.5. The highest BCUT2D eigenvalue weighted by molar-refractivity contribution is 5.80. The van der Waals surface area contributed by atoms with E-state index >= 15 is 0 Å². The Morgan fingerprint density at radius 1 is 1.54 bits per heavy atom. The molecule has 4 heteroatoms. The Morgan fingerprint density at radius 2 is 2.38 bits per heavy atom. The summed E-state index contributed by atoms with van der Waals surface area (Å²) in [4.78, 5) is 13.3. The lowest BCUT2D eigenvalue weighted by Gasteiger charge is -2.27. The maximum Gasteiger partial charge on any atom is 0.237 e. The maximum atomic E-state index is 11.4. The van der Waals surface area contributed by atoms with Gasteiger partial charge in [-0.25, -0.2) is 0 Å². The second kappa shape index (κ2) is 3.64. The van der Waals surface area contributed by atoms with Crippen LogP contribution in [-0.4, -0.2) is 43.3 Å². The Bertz CT molecular complexity index is 208. The number of hydrogen-bond donors (Lipinski definition) is 1. The molecule has 0 aromatic heterocycles. The number of ether oxygens (including phenoxy) is 1.